The van der Waals surface area contributed by atoms with Gasteiger partial charge in [0.15, 0.2) is 17.3 Å². The molecule has 7 nitrogen and oxygen atoms in total. The first-order valence-corrected chi connectivity index (χ1v) is 9.51. The molecule has 0 radical (unpaired) electrons. The van der Waals surface area contributed by atoms with Crippen LogP contribution in [0.5, 0.6) is 11.5 Å². The highest BCUT2D eigenvalue weighted by Crippen LogP contribution is 2.31. The van der Waals surface area contributed by atoms with E-state index in [1.54, 1.807) is 25.3 Å². The first kappa shape index (κ1) is 22.5. The third kappa shape index (κ3) is 5.83. The predicted octanol–water partition coefficient (Wildman–Crippen LogP) is 1.97. The number of piperidine rings is 1. The van der Waals surface area contributed by atoms with Gasteiger partial charge in [0.2, 0.25) is 5.91 Å². The number of ether oxygens (including phenoxy) is 3. The predicted molar refractivity (Wildman–Crippen MR) is 108 cm³/mol. The summed E-state index contributed by atoms with van der Waals surface area (Å²) < 4.78 is 16.3. The summed E-state index contributed by atoms with van der Waals surface area (Å²) in [5, 5.41) is 6.32. The topological polar surface area (TPSA) is 85.9 Å². The van der Waals surface area contributed by atoms with Crippen LogP contribution in [-0.2, 0) is 9.53 Å². The van der Waals surface area contributed by atoms with Crippen LogP contribution in [0, 0.1) is 5.41 Å². The van der Waals surface area contributed by atoms with Crippen LogP contribution in [0.15, 0.2) is 18.2 Å². The number of amides is 1. The van der Waals surface area contributed by atoms with Crippen LogP contribution in [0.2, 0.25) is 0 Å². The molecule has 1 aromatic rings. The van der Waals surface area contributed by atoms with Crippen molar-refractivity contribution in [1.29, 1.82) is 0 Å². The minimum Gasteiger partial charge on any atom is -0.486 e. The summed E-state index contributed by atoms with van der Waals surface area (Å²) in [4.78, 5) is 24.6. The Kier molecular flexibility index (Phi) is 8.54. The Balaban J connectivity index is 0.00000280. The molecule has 2 heterocycles. The summed E-state index contributed by atoms with van der Waals surface area (Å²) in [7, 11) is 1.69. The zero-order valence-electron chi connectivity index (χ0n) is 16.3. The second kappa shape index (κ2) is 10.6. The Morgan fingerprint density at radius 1 is 1.14 bits per heavy atom. The second-order valence-corrected chi connectivity index (χ2v) is 7.24. The van der Waals surface area contributed by atoms with E-state index in [-0.39, 0.29) is 42.4 Å². The molecule has 1 amide bonds. The molecule has 1 aromatic carbocycles. The molecule has 0 spiro atoms. The molecule has 3 rings (SSSR count). The van der Waals surface area contributed by atoms with Crippen LogP contribution < -0.4 is 20.1 Å². The van der Waals surface area contributed by atoms with E-state index in [9.17, 15) is 9.59 Å². The smallest absolute Gasteiger partial charge is 0.220 e. The first-order chi connectivity index (χ1) is 13.1. The van der Waals surface area contributed by atoms with E-state index in [1.165, 1.54) is 0 Å². The van der Waals surface area contributed by atoms with Gasteiger partial charge in [-0.3, -0.25) is 9.59 Å². The fourth-order valence-electron chi connectivity index (χ4n) is 3.60. The van der Waals surface area contributed by atoms with Gasteiger partial charge in [0.1, 0.15) is 13.2 Å². The molecule has 2 aliphatic rings. The maximum Gasteiger partial charge on any atom is 0.220 e. The largest absolute Gasteiger partial charge is 0.486 e. The third-order valence-corrected chi connectivity index (χ3v) is 5.22. The number of carbonyl (C=O) groups is 2. The van der Waals surface area contributed by atoms with Crippen molar-refractivity contribution >= 4 is 24.1 Å². The number of methoxy groups -OCH3 is 1. The van der Waals surface area contributed by atoms with Gasteiger partial charge in [0.05, 0.1) is 6.61 Å². The van der Waals surface area contributed by atoms with Crippen molar-refractivity contribution in [3.05, 3.63) is 23.8 Å². The lowest BCUT2D eigenvalue weighted by Crippen LogP contribution is -2.47. The Labute approximate surface area is 171 Å². The van der Waals surface area contributed by atoms with Crippen molar-refractivity contribution < 1.29 is 23.8 Å². The number of Topliss-reactive ketones (excluding diaryl/α,β-unsaturated/α-hetero) is 1. The fourth-order valence-corrected chi connectivity index (χ4v) is 3.60. The van der Waals surface area contributed by atoms with Gasteiger partial charge in [-0.05, 0) is 44.1 Å². The lowest BCUT2D eigenvalue weighted by molar-refractivity contribution is -0.122. The Morgan fingerprint density at radius 3 is 2.57 bits per heavy atom. The highest BCUT2D eigenvalue weighted by atomic mass is 35.5. The van der Waals surface area contributed by atoms with Gasteiger partial charge >= 0.3 is 0 Å². The van der Waals surface area contributed by atoms with E-state index >= 15 is 0 Å². The number of carbonyl (C=O) groups excluding carboxylic acids is 2. The van der Waals surface area contributed by atoms with E-state index < -0.39 is 0 Å². The van der Waals surface area contributed by atoms with Crippen LogP contribution in [0.1, 0.15) is 36.0 Å². The number of hydrogen-bond acceptors (Lipinski definition) is 6. The van der Waals surface area contributed by atoms with Crippen LogP contribution in [-0.4, -0.2) is 58.3 Å². The Hall–Kier alpha value is -1.83. The van der Waals surface area contributed by atoms with Crippen molar-refractivity contribution in [3.63, 3.8) is 0 Å². The lowest BCUT2D eigenvalue weighted by Gasteiger charge is -2.37. The molecule has 1 fully saturated rings. The van der Waals surface area contributed by atoms with Crippen LogP contribution in [0.25, 0.3) is 0 Å². The van der Waals surface area contributed by atoms with Crippen LogP contribution >= 0.6 is 12.4 Å². The fraction of sp³-hybridized carbons (Fsp3) is 0.600. The summed E-state index contributed by atoms with van der Waals surface area (Å²) in [5.74, 6) is 1.07. The molecular formula is C20H29ClN2O5. The Bertz CT molecular complexity index is 671. The maximum absolute atomic E-state index is 12.4. The van der Waals surface area contributed by atoms with E-state index in [2.05, 4.69) is 10.6 Å². The number of nitrogens with one attached hydrogen (secondary N) is 2. The normalized spacial score (nSPS) is 17.3. The number of fused-ring (bicyclic) bond motifs is 1. The molecule has 8 heteroatoms. The van der Waals surface area contributed by atoms with Gasteiger partial charge in [-0.25, -0.2) is 0 Å². The minimum absolute atomic E-state index is 0. The molecule has 0 saturated carbocycles. The summed E-state index contributed by atoms with van der Waals surface area (Å²) in [5.41, 5.74) is 0.524. The second-order valence-electron chi connectivity index (χ2n) is 7.24. The Morgan fingerprint density at radius 2 is 1.86 bits per heavy atom. The first-order valence-electron chi connectivity index (χ1n) is 9.51. The molecule has 0 bridgehead atoms. The van der Waals surface area contributed by atoms with Crippen molar-refractivity contribution in [2.24, 2.45) is 5.41 Å². The summed E-state index contributed by atoms with van der Waals surface area (Å²) in [6.07, 6.45) is 2.29. The van der Waals surface area contributed by atoms with E-state index in [4.69, 9.17) is 14.2 Å². The molecule has 0 aliphatic carbocycles. The molecule has 2 N–H and O–H groups in total. The number of benzene rings is 1. The molecule has 0 unspecified atom stereocenters. The highest BCUT2D eigenvalue weighted by molar-refractivity contribution is 5.98. The molecule has 1 saturated heterocycles. The average Bonchev–Trinajstić information content (AvgIpc) is 2.71. The highest BCUT2D eigenvalue weighted by Gasteiger charge is 2.32. The quantitative estimate of drug-likeness (QED) is 0.635. The summed E-state index contributed by atoms with van der Waals surface area (Å²) in [6, 6.07) is 5.15. The monoisotopic (exact) mass is 412 g/mol. The number of hydrogen-bond donors (Lipinski definition) is 2. The average molecular weight is 413 g/mol. The van der Waals surface area contributed by atoms with E-state index in [0.717, 1.165) is 25.9 Å². The van der Waals surface area contributed by atoms with Crippen molar-refractivity contribution in [2.45, 2.75) is 25.7 Å². The van der Waals surface area contributed by atoms with Gasteiger partial charge in [0.25, 0.3) is 0 Å². The van der Waals surface area contributed by atoms with Gasteiger partial charge in [-0.2, -0.15) is 0 Å². The molecule has 28 heavy (non-hydrogen) atoms. The zero-order chi connectivity index (χ0) is 19.1. The zero-order valence-corrected chi connectivity index (χ0v) is 17.1. The van der Waals surface area contributed by atoms with Crippen molar-refractivity contribution in [1.82, 2.24) is 10.6 Å². The summed E-state index contributed by atoms with van der Waals surface area (Å²) >= 11 is 0. The molecule has 0 aromatic heterocycles. The molecule has 2 aliphatic heterocycles. The summed E-state index contributed by atoms with van der Waals surface area (Å²) in [6.45, 7) is 4.07. The SMILES string of the molecule is COCC1(CNC(=O)CCC(=O)c2ccc3c(c2)OCCO3)CCNCC1.Cl. The lowest BCUT2D eigenvalue weighted by atomic mass is 9.79. The maximum atomic E-state index is 12.4. The number of halogens is 1. The van der Waals surface area contributed by atoms with E-state index in [0.29, 0.717) is 43.4 Å². The third-order valence-electron chi connectivity index (χ3n) is 5.22. The number of ketones is 1. The molecule has 156 valence electrons. The van der Waals surface area contributed by atoms with Crippen LogP contribution in [0.3, 0.4) is 0 Å². The van der Waals surface area contributed by atoms with Crippen LogP contribution in [0.4, 0.5) is 0 Å². The standard InChI is InChI=1S/C20H28N2O5.ClH/c1-25-14-20(6-8-21-9-7-20)13-22-19(24)5-3-16(23)15-2-4-17-18(12-15)27-11-10-26-17;/h2,4,12,21H,3,5-11,13-14H2,1H3,(H,22,24);1H. The minimum atomic E-state index is -0.102. The van der Waals surface area contributed by atoms with Crippen molar-refractivity contribution in [3.8, 4) is 11.5 Å². The van der Waals surface area contributed by atoms with Gasteiger partial charge in [-0.1, -0.05) is 0 Å². The van der Waals surface area contributed by atoms with Gasteiger partial charge < -0.3 is 24.8 Å². The molecular weight excluding hydrogens is 384 g/mol. The molecule has 0 atom stereocenters. The van der Waals surface area contributed by atoms with Gasteiger partial charge in [-0.15, -0.1) is 12.4 Å². The number of rotatable bonds is 8. The van der Waals surface area contributed by atoms with Gasteiger partial charge in [0, 0.05) is 37.5 Å². The van der Waals surface area contributed by atoms with E-state index in [1.807, 2.05) is 0 Å². The van der Waals surface area contributed by atoms with Crippen molar-refractivity contribution in [2.75, 3.05) is 46.6 Å².